The summed E-state index contributed by atoms with van der Waals surface area (Å²) >= 11 is 0. The van der Waals surface area contributed by atoms with Crippen LogP contribution in [0.4, 0.5) is 19.0 Å². The van der Waals surface area contributed by atoms with Gasteiger partial charge in [-0.15, -0.1) is 0 Å². The average Bonchev–Trinajstić information content (AvgIpc) is 3.29. The Balaban J connectivity index is 2.13. The second-order valence-electron chi connectivity index (χ2n) is 6.29. The smallest absolute Gasteiger partial charge is 0.369 e. The molecule has 0 saturated heterocycles. The Kier molecular flexibility index (Phi) is 4.62. The van der Waals surface area contributed by atoms with E-state index in [0.29, 0.717) is 12.5 Å². The standard InChI is InChI=1S/C15H16F3N5O3S/c1-27(25,26)9-4-5-10(20-7-9)23-14(21-6-8-2-3-8)11(13(19)24)12(22-23)15(16,17)18/h4-5,7-8,21H,2-3,6H2,1H3,(H2,19,24). The van der Waals surface area contributed by atoms with Crippen LogP contribution in [0, 0.1) is 5.92 Å². The molecule has 12 heteroatoms. The molecule has 146 valence electrons. The molecule has 0 aromatic carbocycles. The predicted molar refractivity (Wildman–Crippen MR) is 89.2 cm³/mol. The van der Waals surface area contributed by atoms with E-state index in [1.54, 1.807) is 0 Å². The summed E-state index contributed by atoms with van der Waals surface area (Å²) in [4.78, 5) is 15.5. The van der Waals surface area contributed by atoms with Crippen molar-refractivity contribution in [2.75, 3.05) is 18.1 Å². The number of alkyl halides is 3. The highest BCUT2D eigenvalue weighted by molar-refractivity contribution is 7.90. The van der Waals surface area contributed by atoms with Gasteiger partial charge in [-0.05, 0) is 30.9 Å². The van der Waals surface area contributed by atoms with Gasteiger partial charge in [-0.25, -0.2) is 13.4 Å². The van der Waals surface area contributed by atoms with E-state index in [0.717, 1.165) is 30.0 Å². The molecule has 1 aliphatic carbocycles. The van der Waals surface area contributed by atoms with Gasteiger partial charge in [0.05, 0.1) is 4.90 Å². The van der Waals surface area contributed by atoms with Crippen LogP contribution in [0.5, 0.6) is 0 Å². The number of aromatic nitrogens is 3. The van der Waals surface area contributed by atoms with Crippen molar-refractivity contribution >= 4 is 21.6 Å². The molecule has 0 radical (unpaired) electrons. The SMILES string of the molecule is CS(=O)(=O)c1ccc(-n2nc(C(F)(F)F)c(C(N)=O)c2NCC2CC2)nc1. The van der Waals surface area contributed by atoms with Crippen molar-refractivity contribution in [3.63, 3.8) is 0 Å². The third-order valence-electron chi connectivity index (χ3n) is 4.02. The fourth-order valence-corrected chi connectivity index (χ4v) is 3.02. The third-order valence-corrected chi connectivity index (χ3v) is 5.12. The maximum atomic E-state index is 13.3. The molecule has 1 amide bonds. The zero-order chi connectivity index (χ0) is 20.0. The summed E-state index contributed by atoms with van der Waals surface area (Å²) in [5, 5.41) is 6.28. The molecule has 1 aliphatic rings. The molecule has 1 saturated carbocycles. The minimum absolute atomic E-state index is 0.0845. The van der Waals surface area contributed by atoms with E-state index in [-0.39, 0.29) is 16.5 Å². The van der Waals surface area contributed by atoms with Gasteiger partial charge in [0.15, 0.2) is 21.3 Å². The van der Waals surface area contributed by atoms with Crippen molar-refractivity contribution in [2.45, 2.75) is 23.9 Å². The minimum atomic E-state index is -4.90. The number of nitrogens with one attached hydrogen (secondary N) is 1. The molecule has 0 unspecified atom stereocenters. The van der Waals surface area contributed by atoms with E-state index < -0.39 is 33.2 Å². The summed E-state index contributed by atoms with van der Waals surface area (Å²) in [6, 6.07) is 2.40. The fourth-order valence-electron chi connectivity index (χ4n) is 2.46. The molecule has 1 fully saturated rings. The molecule has 2 aromatic rings. The van der Waals surface area contributed by atoms with Crippen molar-refractivity contribution in [2.24, 2.45) is 11.7 Å². The van der Waals surface area contributed by atoms with Gasteiger partial charge in [-0.3, -0.25) is 4.79 Å². The summed E-state index contributed by atoms with van der Waals surface area (Å²) in [5.41, 5.74) is 2.97. The monoisotopic (exact) mass is 403 g/mol. The number of carbonyl (C=O) groups is 1. The summed E-state index contributed by atoms with van der Waals surface area (Å²) in [7, 11) is -3.53. The van der Waals surface area contributed by atoms with Crippen LogP contribution in [0.3, 0.4) is 0 Å². The van der Waals surface area contributed by atoms with Gasteiger partial charge in [-0.1, -0.05) is 0 Å². The van der Waals surface area contributed by atoms with Crippen LogP contribution < -0.4 is 11.1 Å². The molecule has 0 aliphatic heterocycles. The number of hydrogen-bond acceptors (Lipinski definition) is 6. The maximum absolute atomic E-state index is 13.3. The van der Waals surface area contributed by atoms with Crippen molar-refractivity contribution in [1.82, 2.24) is 14.8 Å². The molecule has 2 heterocycles. The summed E-state index contributed by atoms with van der Waals surface area (Å²) in [6.45, 7) is 0.352. The molecule has 3 rings (SSSR count). The van der Waals surface area contributed by atoms with Gasteiger partial charge in [0.25, 0.3) is 5.91 Å². The molecule has 0 spiro atoms. The second kappa shape index (κ2) is 6.51. The van der Waals surface area contributed by atoms with Crippen LogP contribution in [0.1, 0.15) is 28.9 Å². The molecule has 2 aromatic heterocycles. The van der Waals surface area contributed by atoms with E-state index in [4.69, 9.17) is 5.73 Å². The zero-order valence-corrected chi connectivity index (χ0v) is 14.9. The number of hydrogen-bond donors (Lipinski definition) is 2. The van der Waals surface area contributed by atoms with Gasteiger partial charge in [0, 0.05) is 19.0 Å². The first-order chi connectivity index (χ1) is 12.5. The number of carbonyl (C=O) groups excluding carboxylic acids is 1. The summed E-state index contributed by atoms with van der Waals surface area (Å²) in [6.07, 6.45) is -1.05. The quantitative estimate of drug-likeness (QED) is 0.756. The highest BCUT2D eigenvalue weighted by Crippen LogP contribution is 2.36. The van der Waals surface area contributed by atoms with Gasteiger partial charge in [0.2, 0.25) is 0 Å². The van der Waals surface area contributed by atoms with E-state index in [9.17, 15) is 26.4 Å². The third kappa shape index (κ3) is 4.04. The topological polar surface area (TPSA) is 120 Å². The van der Waals surface area contributed by atoms with E-state index in [1.807, 2.05) is 0 Å². The molecule has 0 atom stereocenters. The van der Waals surface area contributed by atoms with Crippen molar-refractivity contribution in [3.05, 3.63) is 29.6 Å². The first-order valence-corrected chi connectivity index (χ1v) is 9.78. The Morgan fingerprint density at radius 3 is 2.48 bits per heavy atom. The van der Waals surface area contributed by atoms with Crippen molar-refractivity contribution in [3.8, 4) is 5.82 Å². The van der Waals surface area contributed by atoms with Crippen molar-refractivity contribution < 1.29 is 26.4 Å². The Morgan fingerprint density at radius 2 is 2.04 bits per heavy atom. The van der Waals surface area contributed by atoms with Crippen molar-refractivity contribution in [1.29, 1.82) is 0 Å². The van der Waals surface area contributed by atoms with Crippen LogP contribution in [-0.2, 0) is 16.0 Å². The van der Waals surface area contributed by atoms with E-state index in [2.05, 4.69) is 15.4 Å². The molecular weight excluding hydrogens is 387 g/mol. The van der Waals surface area contributed by atoms with Crippen LogP contribution in [0.25, 0.3) is 5.82 Å². The van der Waals surface area contributed by atoms with Crippen LogP contribution in [0.15, 0.2) is 23.2 Å². The van der Waals surface area contributed by atoms with E-state index >= 15 is 0 Å². The number of nitrogens with two attached hydrogens (primary N) is 1. The molecule has 3 N–H and O–H groups in total. The lowest BCUT2D eigenvalue weighted by atomic mass is 10.2. The van der Waals surface area contributed by atoms with Gasteiger partial charge in [0.1, 0.15) is 11.4 Å². The number of rotatable bonds is 6. The second-order valence-corrected chi connectivity index (χ2v) is 8.31. The van der Waals surface area contributed by atoms with Gasteiger partial charge < -0.3 is 11.1 Å². The lowest BCUT2D eigenvalue weighted by Gasteiger charge is -2.10. The van der Waals surface area contributed by atoms with Crippen LogP contribution in [-0.4, -0.2) is 41.9 Å². The normalized spacial score (nSPS) is 15.0. The Hall–Kier alpha value is -2.63. The Morgan fingerprint density at radius 1 is 1.37 bits per heavy atom. The molecule has 27 heavy (non-hydrogen) atoms. The number of halogens is 3. The van der Waals surface area contributed by atoms with Crippen LogP contribution >= 0.6 is 0 Å². The number of amides is 1. The number of sulfone groups is 1. The largest absolute Gasteiger partial charge is 0.436 e. The molecule has 8 nitrogen and oxygen atoms in total. The number of pyridine rings is 1. The van der Waals surface area contributed by atoms with Gasteiger partial charge in [-0.2, -0.15) is 23.0 Å². The highest BCUT2D eigenvalue weighted by atomic mass is 32.2. The molecular formula is C15H16F3N5O3S. The van der Waals surface area contributed by atoms with Gasteiger partial charge >= 0.3 is 6.18 Å². The maximum Gasteiger partial charge on any atom is 0.436 e. The highest BCUT2D eigenvalue weighted by Gasteiger charge is 2.41. The lowest BCUT2D eigenvalue weighted by molar-refractivity contribution is -0.141. The number of nitrogens with zero attached hydrogens (tertiary/aromatic N) is 3. The Bertz CT molecular complexity index is 979. The Labute approximate surface area is 152 Å². The van der Waals surface area contributed by atoms with E-state index in [1.165, 1.54) is 12.1 Å². The summed E-state index contributed by atoms with van der Waals surface area (Å²) < 4.78 is 63.9. The number of primary amides is 1. The first-order valence-electron chi connectivity index (χ1n) is 7.89. The minimum Gasteiger partial charge on any atom is -0.369 e. The molecule has 0 bridgehead atoms. The lowest BCUT2D eigenvalue weighted by Crippen LogP contribution is -2.20. The average molecular weight is 403 g/mol. The fraction of sp³-hybridized carbons (Fsp3) is 0.400. The zero-order valence-electron chi connectivity index (χ0n) is 14.1. The summed E-state index contributed by atoms with van der Waals surface area (Å²) in [5.74, 6) is -1.29. The number of anilines is 1. The van der Waals surface area contributed by atoms with Crippen LogP contribution in [0.2, 0.25) is 0 Å². The predicted octanol–water partition coefficient (Wildman–Crippen LogP) is 1.61. The first kappa shape index (κ1) is 19.1.